The Bertz CT molecular complexity index is 381. The molecule has 102 valence electrons. The fourth-order valence-corrected chi connectivity index (χ4v) is 4.07. The maximum atomic E-state index is 10.8. The fourth-order valence-electron chi connectivity index (χ4n) is 4.07. The number of carbonyl (C=O) groups is 1. The maximum Gasteiger partial charge on any atom is 0.145 e. The molecular formula is C15H24O3. The molecule has 2 rings (SSSR count). The van der Waals surface area contributed by atoms with Crippen LogP contribution in [0.4, 0.5) is 0 Å². The first-order valence-electron chi connectivity index (χ1n) is 6.81. The predicted molar refractivity (Wildman–Crippen MR) is 70.1 cm³/mol. The Balaban J connectivity index is 2.43. The van der Waals surface area contributed by atoms with Gasteiger partial charge < -0.3 is 10.2 Å². The normalized spacial score (nSPS) is 43.6. The monoisotopic (exact) mass is 252 g/mol. The molecule has 2 N–H and O–H groups in total. The number of carbonyl (C=O) groups excluding carboxylic acids is 1. The van der Waals surface area contributed by atoms with Gasteiger partial charge in [-0.15, -0.1) is 0 Å². The predicted octanol–water partition coefficient (Wildman–Crippen LogP) is 2.21. The summed E-state index contributed by atoms with van der Waals surface area (Å²) >= 11 is 0. The van der Waals surface area contributed by atoms with E-state index in [0.29, 0.717) is 19.3 Å². The van der Waals surface area contributed by atoms with E-state index >= 15 is 0 Å². The largest absolute Gasteiger partial charge is 0.390 e. The van der Waals surface area contributed by atoms with Crippen molar-refractivity contribution in [3.8, 4) is 0 Å². The van der Waals surface area contributed by atoms with E-state index in [-0.39, 0.29) is 10.8 Å². The third-order valence-corrected chi connectivity index (χ3v) is 5.66. The molecule has 2 aliphatic rings. The minimum atomic E-state index is -1.08. The molecule has 3 heteroatoms. The van der Waals surface area contributed by atoms with E-state index in [1.807, 2.05) is 6.08 Å². The van der Waals surface area contributed by atoms with Crippen molar-refractivity contribution in [3.63, 3.8) is 0 Å². The van der Waals surface area contributed by atoms with Gasteiger partial charge in [0.15, 0.2) is 0 Å². The molecule has 0 amide bonds. The van der Waals surface area contributed by atoms with Gasteiger partial charge in [-0.1, -0.05) is 19.9 Å². The molecule has 0 aromatic rings. The van der Waals surface area contributed by atoms with Crippen LogP contribution in [0.1, 0.15) is 52.9 Å². The van der Waals surface area contributed by atoms with E-state index in [9.17, 15) is 15.0 Å². The first-order chi connectivity index (χ1) is 8.27. The first-order valence-corrected chi connectivity index (χ1v) is 6.81. The van der Waals surface area contributed by atoms with Gasteiger partial charge in [-0.2, -0.15) is 0 Å². The molecule has 1 fully saturated rings. The topological polar surface area (TPSA) is 57.5 Å². The molecule has 1 spiro atoms. The van der Waals surface area contributed by atoms with Gasteiger partial charge in [-0.05, 0) is 50.0 Å². The third kappa shape index (κ3) is 1.68. The second-order valence-electron chi connectivity index (χ2n) is 6.77. The summed E-state index contributed by atoms with van der Waals surface area (Å²) < 4.78 is 0. The standard InChI is InChI=1S/C15H24O3/c1-13(2)7-6-12(17)14(3,18)15(13)8-4-11(10-16)5-9-15/h4,10,12,17-18H,5-9H2,1-3H3/t12-,14+,15-/m1/s1. The van der Waals surface area contributed by atoms with E-state index in [1.165, 1.54) is 0 Å². The maximum absolute atomic E-state index is 10.8. The van der Waals surface area contributed by atoms with Crippen LogP contribution in [0.5, 0.6) is 0 Å². The Morgan fingerprint density at radius 2 is 2.00 bits per heavy atom. The van der Waals surface area contributed by atoms with Gasteiger partial charge in [0.2, 0.25) is 0 Å². The molecule has 0 bridgehead atoms. The summed E-state index contributed by atoms with van der Waals surface area (Å²) in [6.07, 6.45) is 5.90. The molecule has 3 nitrogen and oxygen atoms in total. The summed E-state index contributed by atoms with van der Waals surface area (Å²) in [5.74, 6) is 0. The van der Waals surface area contributed by atoms with Crippen molar-refractivity contribution < 1.29 is 15.0 Å². The number of hydrogen-bond donors (Lipinski definition) is 2. The van der Waals surface area contributed by atoms with Gasteiger partial charge in [0, 0.05) is 5.41 Å². The van der Waals surface area contributed by atoms with Gasteiger partial charge in [0.05, 0.1) is 11.7 Å². The van der Waals surface area contributed by atoms with Gasteiger partial charge in [-0.3, -0.25) is 4.79 Å². The van der Waals surface area contributed by atoms with E-state index in [2.05, 4.69) is 13.8 Å². The summed E-state index contributed by atoms with van der Waals surface area (Å²) in [6.45, 7) is 6.11. The molecule has 18 heavy (non-hydrogen) atoms. The van der Waals surface area contributed by atoms with E-state index in [4.69, 9.17) is 0 Å². The van der Waals surface area contributed by atoms with Gasteiger partial charge in [0.1, 0.15) is 6.29 Å². The number of hydrogen-bond acceptors (Lipinski definition) is 3. The zero-order valence-electron chi connectivity index (χ0n) is 11.6. The Kier molecular flexibility index (Phi) is 3.19. The van der Waals surface area contributed by atoms with Crippen LogP contribution in [-0.2, 0) is 4.79 Å². The average Bonchev–Trinajstić information content (AvgIpc) is 2.34. The Hall–Kier alpha value is -0.670. The van der Waals surface area contributed by atoms with Crippen LogP contribution in [0.3, 0.4) is 0 Å². The lowest BCUT2D eigenvalue weighted by Crippen LogP contribution is -2.64. The van der Waals surface area contributed by atoms with Crippen LogP contribution in [-0.4, -0.2) is 28.2 Å². The Labute approximate surface area is 109 Å². The smallest absolute Gasteiger partial charge is 0.145 e. The summed E-state index contributed by atoms with van der Waals surface area (Å²) in [4.78, 5) is 10.8. The highest BCUT2D eigenvalue weighted by molar-refractivity contribution is 5.73. The molecule has 0 aromatic carbocycles. The number of rotatable bonds is 1. The molecular weight excluding hydrogens is 228 g/mol. The van der Waals surface area contributed by atoms with Crippen molar-refractivity contribution >= 4 is 6.29 Å². The molecule has 2 aliphatic carbocycles. The number of aldehydes is 1. The number of aliphatic hydroxyl groups excluding tert-OH is 1. The van der Waals surface area contributed by atoms with Crippen LogP contribution in [0.2, 0.25) is 0 Å². The minimum Gasteiger partial charge on any atom is -0.390 e. The molecule has 3 atom stereocenters. The second-order valence-corrected chi connectivity index (χ2v) is 6.77. The summed E-state index contributed by atoms with van der Waals surface area (Å²) in [6, 6.07) is 0. The minimum absolute atomic E-state index is 0.0271. The fraction of sp³-hybridized carbons (Fsp3) is 0.800. The van der Waals surface area contributed by atoms with Crippen molar-refractivity contribution in [1.82, 2.24) is 0 Å². The lowest BCUT2D eigenvalue weighted by Gasteiger charge is -2.61. The average molecular weight is 252 g/mol. The van der Waals surface area contributed by atoms with Crippen LogP contribution < -0.4 is 0 Å². The zero-order chi connectivity index (χ0) is 13.6. The van der Waals surface area contributed by atoms with Crippen molar-refractivity contribution in [2.45, 2.75) is 64.6 Å². The highest BCUT2D eigenvalue weighted by Crippen LogP contribution is 2.61. The molecule has 0 heterocycles. The van der Waals surface area contributed by atoms with Gasteiger partial charge in [0.25, 0.3) is 0 Å². The first kappa shape index (κ1) is 13.8. The van der Waals surface area contributed by atoms with Crippen molar-refractivity contribution in [2.75, 3.05) is 0 Å². The second kappa shape index (κ2) is 4.17. The Morgan fingerprint density at radius 3 is 2.50 bits per heavy atom. The van der Waals surface area contributed by atoms with Crippen LogP contribution >= 0.6 is 0 Å². The van der Waals surface area contributed by atoms with Crippen LogP contribution in [0, 0.1) is 10.8 Å². The zero-order valence-corrected chi connectivity index (χ0v) is 11.6. The van der Waals surface area contributed by atoms with E-state index in [1.54, 1.807) is 6.92 Å². The van der Waals surface area contributed by atoms with Crippen molar-refractivity contribution in [3.05, 3.63) is 11.6 Å². The quantitative estimate of drug-likeness (QED) is 0.703. The highest BCUT2D eigenvalue weighted by atomic mass is 16.3. The number of aliphatic hydroxyl groups is 2. The van der Waals surface area contributed by atoms with Crippen molar-refractivity contribution in [2.24, 2.45) is 10.8 Å². The van der Waals surface area contributed by atoms with Crippen LogP contribution in [0.25, 0.3) is 0 Å². The van der Waals surface area contributed by atoms with Gasteiger partial charge in [-0.25, -0.2) is 0 Å². The molecule has 0 aromatic heterocycles. The van der Waals surface area contributed by atoms with E-state index < -0.39 is 11.7 Å². The molecule has 0 radical (unpaired) electrons. The lowest BCUT2D eigenvalue weighted by molar-refractivity contribution is -0.224. The van der Waals surface area contributed by atoms with Crippen molar-refractivity contribution in [1.29, 1.82) is 0 Å². The number of allylic oxidation sites excluding steroid dienone is 2. The third-order valence-electron chi connectivity index (χ3n) is 5.66. The molecule has 0 saturated heterocycles. The highest BCUT2D eigenvalue weighted by Gasteiger charge is 2.61. The molecule has 0 aliphatic heterocycles. The summed E-state index contributed by atoms with van der Waals surface area (Å²) in [5, 5.41) is 21.0. The summed E-state index contributed by atoms with van der Waals surface area (Å²) in [7, 11) is 0. The molecule has 1 saturated carbocycles. The SMILES string of the molecule is CC1(C)CC[C@@H](O)[C@](C)(O)[C@@]12CC=C(C=O)CC2. The Morgan fingerprint density at radius 1 is 1.33 bits per heavy atom. The molecule has 0 unspecified atom stereocenters. The van der Waals surface area contributed by atoms with Crippen LogP contribution in [0.15, 0.2) is 11.6 Å². The van der Waals surface area contributed by atoms with Gasteiger partial charge >= 0.3 is 0 Å². The lowest BCUT2D eigenvalue weighted by atomic mass is 9.46. The summed E-state index contributed by atoms with van der Waals surface area (Å²) in [5.41, 5.74) is -0.614. The van der Waals surface area contributed by atoms with E-state index in [0.717, 1.165) is 24.7 Å².